The SMILES string of the molecule is Clc1ccc(Cc2nn3cc(-c4ccccc4)nc3s2)cc1. The van der Waals surface area contributed by atoms with E-state index in [4.69, 9.17) is 11.6 Å². The van der Waals surface area contributed by atoms with Crippen molar-refractivity contribution < 1.29 is 0 Å². The van der Waals surface area contributed by atoms with E-state index < -0.39 is 0 Å². The largest absolute Gasteiger partial charge is 0.217 e. The summed E-state index contributed by atoms with van der Waals surface area (Å²) in [5.74, 6) is 0. The van der Waals surface area contributed by atoms with E-state index in [9.17, 15) is 0 Å². The van der Waals surface area contributed by atoms with Gasteiger partial charge in [0.25, 0.3) is 0 Å². The molecule has 22 heavy (non-hydrogen) atoms. The first-order valence-electron chi connectivity index (χ1n) is 6.93. The molecule has 0 saturated carbocycles. The number of hydrogen-bond acceptors (Lipinski definition) is 3. The number of imidazole rings is 1. The lowest BCUT2D eigenvalue weighted by Crippen LogP contribution is -1.89. The highest BCUT2D eigenvalue weighted by Crippen LogP contribution is 2.23. The van der Waals surface area contributed by atoms with Gasteiger partial charge in [0, 0.05) is 17.0 Å². The summed E-state index contributed by atoms with van der Waals surface area (Å²) in [6, 6.07) is 18.0. The molecule has 0 amide bonds. The van der Waals surface area contributed by atoms with Crippen LogP contribution in [0.25, 0.3) is 16.2 Å². The number of rotatable bonds is 3. The molecule has 4 aromatic rings. The van der Waals surface area contributed by atoms with Gasteiger partial charge in [-0.15, -0.1) is 0 Å². The van der Waals surface area contributed by atoms with Crippen molar-refractivity contribution in [1.29, 1.82) is 0 Å². The van der Waals surface area contributed by atoms with E-state index >= 15 is 0 Å². The molecule has 3 nitrogen and oxygen atoms in total. The summed E-state index contributed by atoms with van der Waals surface area (Å²) < 4.78 is 1.86. The van der Waals surface area contributed by atoms with Crippen LogP contribution >= 0.6 is 22.9 Å². The fourth-order valence-corrected chi connectivity index (χ4v) is 3.37. The standard InChI is InChI=1S/C17H12ClN3S/c18-14-8-6-12(7-9-14)10-16-20-21-11-15(19-17(21)22-16)13-4-2-1-3-5-13/h1-9,11H,10H2. The number of hydrogen-bond donors (Lipinski definition) is 0. The van der Waals surface area contributed by atoms with Crippen molar-refractivity contribution >= 4 is 27.9 Å². The molecule has 0 aliphatic carbocycles. The molecule has 0 bridgehead atoms. The normalized spacial score (nSPS) is 11.1. The van der Waals surface area contributed by atoms with E-state index in [2.05, 4.69) is 22.2 Å². The van der Waals surface area contributed by atoms with Gasteiger partial charge in [-0.25, -0.2) is 9.50 Å². The first-order valence-corrected chi connectivity index (χ1v) is 8.12. The van der Waals surface area contributed by atoms with E-state index in [0.29, 0.717) is 0 Å². The molecular formula is C17H12ClN3S. The minimum absolute atomic E-state index is 0.755. The summed E-state index contributed by atoms with van der Waals surface area (Å²) in [6.45, 7) is 0. The first-order chi connectivity index (χ1) is 10.8. The van der Waals surface area contributed by atoms with Gasteiger partial charge in [-0.3, -0.25) is 0 Å². The number of nitrogens with zero attached hydrogens (tertiary/aromatic N) is 3. The van der Waals surface area contributed by atoms with Crippen molar-refractivity contribution in [2.45, 2.75) is 6.42 Å². The molecule has 2 heterocycles. The summed E-state index contributed by atoms with van der Waals surface area (Å²) >= 11 is 7.53. The third-order valence-electron chi connectivity index (χ3n) is 3.42. The molecule has 0 fully saturated rings. The van der Waals surface area contributed by atoms with Crippen LogP contribution in [-0.2, 0) is 6.42 Å². The molecule has 0 radical (unpaired) electrons. The minimum Gasteiger partial charge on any atom is -0.217 e. The average molecular weight is 326 g/mol. The number of fused-ring (bicyclic) bond motifs is 1. The second kappa shape index (κ2) is 5.55. The Labute approximate surface area is 136 Å². The van der Waals surface area contributed by atoms with Crippen LogP contribution in [0.15, 0.2) is 60.8 Å². The van der Waals surface area contributed by atoms with Crippen LogP contribution in [0.4, 0.5) is 0 Å². The van der Waals surface area contributed by atoms with Crippen molar-refractivity contribution in [3.8, 4) is 11.3 Å². The Balaban J connectivity index is 1.62. The molecule has 0 unspecified atom stereocenters. The fraction of sp³-hybridized carbons (Fsp3) is 0.0588. The summed E-state index contributed by atoms with van der Waals surface area (Å²) in [5.41, 5.74) is 3.27. The van der Waals surface area contributed by atoms with E-state index in [-0.39, 0.29) is 0 Å². The van der Waals surface area contributed by atoms with Gasteiger partial charge in [0.1, 0.15) is 5.01 Å². The Morgan fingerprint density at radius 2 is 1.77 bits per heavy atom. The van der Waals surface area contributed by atoms with Gasteiger partial charge in [-0.05, 0) is 17.7 Å². The van der Waals surface area contributed by atoms with Crippen molar-refractivity contribution in [2.75, 3.05) is 0 Å². The number of benzene rings is 2. The molecule has 0 saturated heterocycles. The van der Waals surface area contributed by atoms with E-state index in [1.807, 2.05) is 53.2 Å². The highest BCUT2D eigenvalue weighted by Gasteiger charge is 2.10. The van der Waals surface area contributed by atoms with Gasteiger partial charge in [0.05, 0.1) is 11.9 Å². The van der Waals surface area contributed by atoms with Crippen LogP contribution in [-0.4, -0.2) is 14.6 Å². The highest BCUT2D eigenvalue weighted by molar-refractivity contribution is 7.16. The van der Waals surface area contributed by atoms with Crippen molar-refractivity contribution in [2.24, 2.45) is 0 Å². The Kier molecular flexibility index (Phi) is 3.41. The molecule has 0 N–H and O–H groups in total. The number of halogens is 1. The first kappa shape index (κ1) is 13.5. The van der Waals surface area contributed by atoms with E-state index in [0.717, 1.165) is 32.7 Å². The molecule has 0 aliphatic rings. The zero-order valence-corrected chi connectivity index (χ0v) is 13.2. The summed E-state index contributed by atoms with van der Waals surface area (Å²) in [6.07, 6.45) is 2.78. The van der Waals surface area contributed by atoms with Crippen LogP contribution in [0, 0.1) is 0 Å². The molecular weight excluding hydrogens is 314 g/mol. The highest BCUT2D eigenvalue weighted by atomic mass is 35.5. The van der Waals surface area contributed by atoms with Gasteiger partial charge >= 0.3 is 0 Å². The molecule has 0 aliphatic heterocycles. The zero-order chi connectivity index (χ0) is 14.9. The van der Waals surface area contributed by atoms with Crippen LogP contribution in [0.5, 0.6) is 0 Å². The molecule has 4 rings (SSSR count). The van der Waals surface area contributed by atoms with Gasteiger partial charge in [0.2, 0.25) is 4.96 Å². The molecule has 108 valence electrons. The fourth-order valence-electron chi connectivity index (χ4n) is 2.34. The topological polar surface area (TPSA) is 30.2 Å². The quantitative estimate of drug-likeness (QED) is 0.546. The Morgan fingerprint density at radius 1 is 1.00 bits per heavy atom. The summed E-state index contributed by atoms with van der Waals surface area (Å²) in [7, 11) is 0. The molecule has 5 heteroatoms. The smallest absolute Gasteiger partial charge is 0.212 e. The average Bonchev–Trinajstić information content (AvgIpc) is 3.09. The second-order valence-corrected chi connectivity index (χ2v) is 6.50. The summed E-state index contributed by atoms with van der Waals surface area (Å²) in [5, 5.41) is 6.42. The van der Waals surface area contributed by atoms with E-state index in [1.54, 1.807) is 11.3 Å². The van der Waals surface area contributed by atoms with Gasteiger partial charge in [-0.2, -0.15) is 5.10 Å². The van der Waals surface area contributed by atoms with Crippen LogP contribution in [0.1, 0.15) is 10.6 Å². The lowest BCUT2D eigenvalue weighted by atomic mass is 10.2. The number of aromatic nitrogens is 3. The zero-order valence-electron chi connectivity index (χ0n) is 11.6. The van der Waals surface area contributed by atoms with Gasteiger partial charge in [-0.1, -0.05) is 65.4 Å². The Hall–Kier alpha value is -2.17. The monoisotopic (exact) mass is 325 g/mol. The van der Waals surface area contributed by atoms with Gasteiger partial charge < -0.3 is 0 Å². The van der Waals surface area contributed by atoms with Crippen LogP contribution in [0.2, 0.25) is 5.02 Å². The van der Waals surface area contributed by atoms with Crippen molar-refractivity contribution in [3.05, 3.63) is 76.4 Å². The lowest BCUT2D eigenvalue weighted by Gasteiger charge is -1.97. The maximum atomic E-state index is 5.91. The van der Waals surface area contributed by atoms with Crippen LogP contribution < -0.4 is 0 Å². The molecule has 0 spiro atoms. The third-order valence-corrected chi connectivity index (χ3v) is 4.60. The Morgan fingerprint density at radius 3 is 2.50 bits per heavy atom. The summed E-state index contributed by atoms with van der Waals surface area (Å²) in [4.78, 5) is 5.58. The molecule has 0 atom stereocenters. The van der Waals surface area contributed by atoms with Crippen molar-refractivity contribution in [1.82, 2.24) is 14.6 Å². The third kappa shape index (κ3) is 2.63. The maximum absolute atomic E-state index is 5.91. The molecule has 2 aromatic carbocycles. The predicted molar refractivity (Wildman–Crippen MR) is 90.6 cm³/mol. The Bertz CT molecular complexity index is 879. The van der Waals surface area contributed by atoms with Gasteiger partial charge in [0.15, 0.2) is 0 Å². The second-order valence-electron chi connectivity index (χ2n) is 5.02. The minimum atomic E-state index is 0.755. The molecule has 2 aromatic heterocycles. The van der Waals surface area contributed by atoms with E-state index in [1.165, 1.54) is 5.56 Å². The maximum Gasteiger partial charge on any atom is 0.212 e. The van der Waals surface area contributed by atoms with Crippen LogP contribution in [0.3, 0.4) is 0 Å². The lowest BCUT2D eigenvalue weighted by molar-refractivity contribution is 0.922. The van der Waals surface area contributed by atoms with Crippen molar-refractivity contribution in [3.63, 3.8) is 0 Å². The predicted octanol–water partition coefficient (Wildman–Crippen LogP) is 4.70.